The number of rotatable bonds is 5. The van der Waals surface area contributed by atoms with Crippen LogP contribution in [0.4, 0.5) is 11.4 Å². The van der Waals surface area contributed by atoms with Crippen LogP contribution in [0.2, 0.25) is 5.02 Å². The highest BCUT2D eigenvalue weighted by Gasteiger charge is 2.33. The van der Waals surface area contributed by atoms with Crippen LogP contribution in [0.15, 0.2) is 72.8 Å². The van der Waals surface area contributed by atoms with E-state index in [9.17, 15) is 9.59 Å². The van der Waals surface area contributed by atoms with Gasteiger partial charge in [0.05, 0.1) is 5.56 Å². The fraction of sp³-hybridized carbons (Fsp3) is 0.0909. The Morgan fingerprint density at radius 2 is 1.72 bits per heavy atom. The number of nitrogens with one attached hydrogen (secondary N) is 1. The summed E-state index contributed by atoms with van der Waals surface area (Å²) in [7, 11) is 0. The lowest BCUT2D eigenvalue weighted by Gasteiger charge is -2.38. The standard InChI is InChI=1S/C22H18ClN3O3/c23-15-7-9-16(10-8-15)26-21(25-19-4-2-1-3-18(19)22(26)28)14-5-11-17(12-6-14)29-13-20(24)27/h1-12,21,25H,13H2,(H2,24,27)/t21-/m0/s1. The Balaban J connectivity index is 1.71. The van der Waals surface area contributed by atoms with E-state index in [-0.39, 0.29) is 12.5 Å². The zero-order valence-electron chi connectivity index (χ0n) is 15.3. The molecule has 29 heavy (non-hydrogen) atoms. The Morgan fingerprint density at radius 1 is 1.03 bits per heavy atom. The Labute approximate surface area is 172 Å². The van der Waals surface area contributed by atoms with E-state index in [1.807, 2.05) is 42.5 Å². The van der Waals surface area contributed by atoms with E-state index in [1.165, 1.54) is 0 Å². The number of primary amides is 1. The molecule has 0 saturated heterocycles. The largest absolute Gasteiger partial charge is 0.484 e. The highest BCUT2D eigenvalue weighted by Crippen LogP contribution is 2.37. The average Bonchev–Trinajstić information content (AvgIpc) is 2.73. The average molecular weight is 408 g/mol. The summed E-state index contributed by atoms with van der Waals surface area (Å²) < 4.78 is 5.32. The van der Waals surface area contributed by atoms with Gasteiger partial charge in [-0.05, 0) is 54.1 Å². The number of benzene rings is 3. The molecule has 0 unspecified atom stereocenters. The Morgan fingerprint density at radius 3 is 2.41 bits per heavy atom. The molecule has 3 N–H and O–H groups in total. The Bertz CT molecular complexity index is 1050. The summed E-state index contributed by atoms with van der Waals surface area (Å²) in [5, 5.41) is 4.03. The highest BCUT2D eigenvalue weighted by atomic mass is 35.5. The number of ether oxygens (including phenoxy) is 1. The van der Waals surface area contributed by atoms with Crippen molar-refractivity contribution in [3.05, 3.63) is 88.9 Å². The fourth-order valence-corrected chi connectivity index (χ4v) is 3.38. The summed E-state index contributed by atoms with van der Waals surface area (Å²) in [5.74, 6) is -0.131. The summed E-state index contributed by atoms with van der Waals surface area (Å²) in [6.45, 7) is -0.191. The first-order chi connectivity index (χ1) is 14.0. The first kappa shape index (κ1) is 18.8. The van der Waals surface area contributed by atoms with Gasteiger partial charge in [0.2, 0.25) is 0 Å². The smallest absolute Gasteiger partial charge is 0.262 e. The van der Waals surface area contributed by atoms with Crippen molar-refractivity contribution in [1.29, 1.82) is 0 Å². The highest BCUT2D eigenvalue weighted by molar-refractivity contribution is 6.30. The van der Waals surface area contributed by atoms with Gasteiger partial charge >= 0.3 is 0 Å². The molecule has 1 atom stereocenters. The number of halogens is 1. The van der Waals surface area contributed by atoms with Gasteiger partial charge < -0.3 is 15.8 Å². The summed E-state index contributed by atoms with van der Waals surface area (Å²) >= 11 is 6.02. The zero-order valence-corrected chi connectivity index (χ0v) is 16.1. The molecule has 3 aromatic rings. The molecular weight excluding hydrogens is 390 g/mol. The normalized spacial score (nSPS) is 15.4. The molecule has 3 aromatic carbocycles. The molecule has 1 aliphatic heterocycles. The Kier molecular flexibility index (Phi) is 5.10. The fourth-order valence-electron chi connectivity index (χ4n) is 3.26. The zero-order chi connectivity index (χ0) is 20.4. The second kappa shape index (κ2) is 7.85. The second-order valence-corrected chi connectivity index (χ2v) is 7.00. The molecule has 0 spiro atoms. The van der Waals surface area contributed by atoms with Gasteiger partial charge in [-0.1, -0.05) is 35.9 Å². The van der Waals surface area contributed by atoms with E-state index in [2.05, 4.69) is 5.32 Å². The summed E-state index contributed by atoms with van der Waals surface area (Å²) in [5.41, 5.74) is 8.05. The van der Waals surface area contributed by atoms with E-state index < -0.39 is 12.1 Å². The summed E-state index contributed by atoms with van der Waals surface area (Å²) in [6.07, 6.45) is -0.427. The molecule has 0 radical (unpaired) electrons. The number of carbonyl (C=O) groups excluding carboxylic acids is 2. The minimum atomic E-state index is -0.542. The van der Waals surface area contributed by atoms with Crippen molar-refractivity contribution in [3.63, 3.8) is 0 Å². The number of nitrogens with two attached hydrogens (primary N) is 1. The molecule has 146 valence electrons. The van der Waals surface area contributed by atoms with Gasteiger partial charge in [0.15, 0.2) is 6.61 Å². The van der Waals surface area contributed by atoms with Crippen molar-refractivity contribution < 1.29 is 14.3 Å². The van der Waals surface area contributed by atoms with Gasteiger partial charge in [-0.2, -0.15) is 0 Å². The van der Waals surface area contributed by atoms with Crippen LogP contribution in [0.5, 0.6) is 5.75 Å². The summed E-state index contributed by atoms with van der Waals surface area (Å²) in [6, 6.07) is 21.7. The van der Waals surface area contributed by atoms with Gasteiger partial charge in [-0.25, -0.2) is 0 Å². The summed E-state index contributed by atoms with van der Waals surface area (Å²) in [4.78, 5) is 25.9. The predicted molar refractivity (Wildman–Crippen MR) is 112 cm³/mol. The number of amides is 2. The van der Waals surface area contributed by atoms with E-state index in [1.54, 1.807) is 35.2 Å². The molecule has 0 aliphatic carbocycles. The number of hydrogen-bond donors (Lipinski definition) is 2. The molecule has 0 aromatic heterocycles. The van der Waals surface area contributed by atoms with Crippen molar-refractivity contribution in [1.82, 2.24) is 0 Å². The van der Waals surface area contributed by atoms with E-state index >= 15 is 0 Å². The molecule has 0 saturated carbocycles. The molecule has 4 rings (SSSR count). The van der Waals surface area contributed by atoms with Crippen LogP contribution in [0.1, 0.15) is 22.1 Å². The predicted octanol–water partition coefficient (Wildman–Crippen LogP) is 3.98. The molecule has 2 amide bonds. The second-order valence-electron chi connectivity index (χ2n) is 6.57. The number of para-hydroxylation sites is 1. The maximum Gasteiger partial charge on any atom is 0.262 e. The van der Waals surface area contributed by atoms with Crippen molar-refractivity contribution in [2.24, 2.45) is 5.73 Å². The third-order valence-electron chi connectivity index (χ3n) is 4.61. The minimum absolute atomic E-state index is 0.110. The first-order valence-corrected chi connectivity index (χ1v) is 9.36. The van der Waals surface area contributed by atoms with Crippen LogP contribution in [0.3, 0.4) is 0 Å². The number of fused-ring (bicyclic) bond motifs is 1. The lowest BCUT2D eigenvalue weighted by molar-refractivity contribution is -0.119. The monoisotopic (exact) mass is 407 g/mol. The van der Waals surface area contributed by atoms with Crippen LogP contribution < -0.4 is 20.7 Å². The van der Waals surface area contributed by atoms with Crippen LogP contribution in [0.25, 0.3) is 0 Å². The molecule has 1 heterocycles. The number of nitrogens with zero attached hydrogens (tertiary/aromatic N) is 1. The number of anilines is 2. The van der Waals surface area contributed by atoms with E-state index in [4.69, 9.17) is 22.1 Å². The quantitative estimate of drug-likeness (QED) is 0.670. The van der Waals surface area contributed by atoms with E-state index in [0.717, 1.165) is 16.9 Å². The molecule has 1 aliphatic rings. The van der Waals surface area contributed by atoms with Crippen molar-refractivity contribution in [2.75, 3.05) is 16.8 Å². The third kappa shape index (κ3) is 3.88. The lowest BCUT2D eigenvalue weighted by atomic mass is 10.0. The van der Waals surface area contributed by atoms with E-state index in [0.29, 0.717) is 16.3 Å². The molecule has 7 heteroatoms. The van der Waals surface area contributed by atoms with Gasteiger partial charge in [0, 0.05) is 16.4 Å². The number of carbonyl (C=O) groups is 2. The van der Waals surface area contributed by atoms with Gasteiger partial charge in [-0.3, -0.25) is 14.5 Å². The molecule has 0 bridgehead atoms. The SMILES string of the molecule is NC(=O)COc1ccc([C@H]2Nc3ccccc3C(=O)N2c2ccc(Cl)cc2)cc1. The lowest BCUT2D eigenvalue weighted by Crippen LogP contribution is -2.43. The molecule has 6 nitrogen and oxygen atoms in total. The number of hydrogen-bond acceptors (Lipinski definition) is 4. The van der Waals surface area contributed by atoms with Crippen molar-refractivity contribution >= 4 is 34.8 Å². The van der Waals surface area contributed by atoms with Gasteiger partial charge in [0.25, 0.3) is 11.8 Å². The Hall–Kier alpha value is -3.51. The van der Waals surface area contributed by atoms with Crippen molar-refractivity contribution in [2.45, 2.75) is 6.17 Å². The van der Waals surface area contributed by atoms with Crippen LogP contribution in [0, 0.1) is 0 Å². The third-order valence-corrected chi connectivity index (χ3v) is 4.86. The van der Waals surface area contributed by atoms with Crippen LogP contribution >= 0.6 is 11.6 Å². The minimum Gasteiger partial charge on any atom is -0.484 e. The molecular formula is C22H18ClN3O3. The topological polar surface area (TPSA) is 84.7 Å². The maximum atomic E-state index is 13.3. The molecule has 0 fully saturated rings. The van der Waals surface area contributed by atoms with Crippen molar-refractivity contribution in [3.8, 4) is 5.75 Å². The first-order valence-electron chi connectivity index (χ1n) is 8.99. The van der Waals surface area contributed by atoms with Gasteiger partial charge in [0.1, 0.15) is 11.9 Å². The van der Waals surface area contributed by atoms with Crippen LogP contribution in [-0.4, -0.2) is 18.4 Å². The maximum absolute atomic E-state index is 13.3. The van der Waals surface area contributed by atoms with Crippen LogP contribution in [-0.2, 0) is 4.79 Å². The van der Waals surface area contributed by atoms with Gasteiger partial charge in [-0.15, -0.1) is 0 Å².